The molecule has 4 nitrogen and oxygen atoms in total. The average molecular weight is 345 g/mol. The largest absolute Gasteiger partial charge is 0.339 e. The van der Waals surface area contributed by atoms with E-state index in [1.807, 2.05) is 19.1 Å². The number of amides is 1. The highest BCUT2D eigenvalue weighted by Gasteiger charge is 2.17. The van der Waals surface area contributed by atoms with Crippen molar-refractivity contribution in [2.24, 2.45) is 0 Å². The molecule has 0 aliphatic rings. The van der Waals surface area contributed by atoms with Crippen LogP contribution in [0.15, 0.2) is 48.8 Å². The van der Waals surface area contributed by atoms with Crippen LogP contribution in [0.2, 0.25) is 5.02 Å². The third-order valence-electron chi connectivity index (χ3n) is 4.10. The first-order valence-corrected chi connectivity index (χ1v) is 8.31. The number of hydrogen-bond donors (Lipinski definition) is 0. The Hall–Kier alpha value is -2.20. The summed E-state index contributed by atoms with van der Waals surface area (Å²) in [5, 5.41) is 0.604. The van der Waals surface area contributed by atoms with Crippen molar-refractivity contribution < 1.29 is 9.59 Å². The molecule has 0 radical (unpaired) electrons. The molecule has 1 unspecified atom stereocenters. The lowest BCUT2D eigenvalue weighted by molar-refractivity contribution is -0.131. The molecule has 0 bridgehead atoms. The number of benzene rings is 1. The Kier molecular flexibility index (Phi) is 6.50. The molecule has 2 aromatic rings. The minimum absolute atomic E-state index is 0.0234. The number of halogens is 1. The van der Waals surface area contributed by atoms with E-state index in [0.29, 0.717) is 29.8 Å². The maximum absolute atomic E-state index is 12.3. The van der Waals surface area contributed by atoms with Crippen LogP contribution in [0.4, 0.5) is 0 Å². The summed E-state index contributed by atoms with van der Waals surface area (Å²) in [6.45, 7) is 1.97. The number of nitrogens with zero attached hydrogens (tertiary/aromatic N) is 2. The second-order valence-corrected chi connectivity index (χ2v) is 6.19. The Bertz CT molecular complexity index is 686. The van der Waals surface area contributed by atoms with Crippen molar-refractivity contribution in [3.63, 3.8) is 0 Å². The number of aromatic nitrogens is 1. The van der Waals surface area contributed by atoms with E-state index >= 15 is 0 Å². The fourth-order valence-electron chi connectivity index (χ4n) is 2.42. The van der Waals surface area contributed by atoms with Crippen molar-refractivity contribution in [1.82, 2.24) is 9.88 Å². The highest BCUT2D eigenvalue weighted by atomic mass is 35.5. The third-order valence-corrected chi connectivity index (χ3v) is 4.35. The van der Waals surface area contributed by atoms with Crippen LogP contribution in [0.25, 0.3) is 0 Å². The normalized spacial score (nSPS) is 11.8. The predicted molar refractivity (Wildman–Crippen MR) is 95.1 cm³/mol. The highest BCUT2D eigenvalue weighted by Crippen LogP contribution is 2.19. The summed E-state index contributed by atoms with van der Waals surface area (Å²) in [6, 6.07) is 10.6. The van der Waals surface area contributed by atoms with Crippen LogP contribution in [-0.2, 0) is 4.79 Å². The van der Waals surface area contributed by atoms with Crippen molar-refractivity contribution in [2.45, 2.75) is 32.2 Å². The van der Waals surface area contributed by atoms with Gasteiger partial charge >= 0.3 is 0 Å². The first-order chi connectivity index (χ1) is 11.5. The van der Waals surface area contributed by atoms with E-state index in [-0.39, 0.29) is 17.7 Å². The fourth-order valence-corrected chi connectivity index (χ4v) is 2.55. The standard InChI is InChI=1S/C19H21ClN2O2/c1-14(16-5-4-12-21-13-16)22(2)19(24)7-3-6-18(23)15-8-10-17(20)11-9-15/h4-5,8-14H,3,6-7H2,1-2H3. The molecule has 0 spiro atoms. The zero-order chi connectivity index (χ0) is 17.5. The summed E-state index contributed by atoms with van der Waals surface area (Å²) in [4.78, 5) is 30.2. The maximum atomic E-state index is 12.3. The lowest BCUT2D eigenvalue weighted by Gasteiger charge is -2.25. The van der Waals surface area contributed by atoms with Gasteiger partial charge in [0.2, 0.25) is 5.91 Å². The second-order valence-electron chi connectivity index (χ2n) is 5.75. The van der Waals surface area contributed by atoms with Gasteiger partial charge in [-0.25, -0.2) is 0 Å². The molecule has 0 aliphatic heterocycles. The van der Waals surface area contributed by atoms with Crippen LogP contribution in [0.1, 0.15) is 48.1 Å². The molecule has 0 fully saturated rings. The molecule has 0 saturated heterocycles. The highest BCUT2D eigenvalue weighted by molar-refractivity contribution is 6.30. The number of rotatable bonds is 7. The Labute approximate surface area is 147 Å². The van der Waals surface area contributed by atoms with Gasteiger partial charge in [0, 0.05) is 42.9 Å². The Morgan fingerprint density at radius 1 is 1.17 bits per heavy atom. The molecule has 126 valence electrons. The smallest absolute Gasteiger partial charge is 0.222 e. The molecule has 1 atom stereocenters. The van der Waals surface area contributed by atoms with E-state index in [1.165, 1.54) is 0 Å². The lowest BCUT2D eigenvalue weighted by atomic mass is 10.0. The van der Waals surface area contributed by atoms with Crippen LogP contribution < -0.4 is 0 Å². The van der Waals surface area contributed by atoms with E-state index in [2.05, 4.69) is 4.98 Å². The molecule has 24 heavy (non-hydrogen) atoms. The number of carbonyl (C=O) groups excluding carboxylic acids is 2. The van der Waals surface area contributed by atoms with E-state index in [4.69, 9.17) is 11.6 Å². The Balaban J connectivity index is 1.82. The van der Waals surface area contributed by atoms with Crippen LogP contribution in [0.5, 0.6) is 0 Å². The quantitative estimate of drug-likeness (QED) is 0.703. The maximum Gasteiger partial charge on any atom is 0.222 e. The average Bonchev–Trinajstić information content (AvgIpc) is 2.61. The molecule has 1 aromatic carbocycles. The fraction of sp³-hybridized carbons (Fsp3) is 0.316. The number of pyridine rings is 1. The third kappa shape index (κ3) is 4.90. The topological polar surface area (TPSA) is 50.3 Å². The zero-order valence-corrected chi connectivity index (χ0v) is 14.7. The van der Waals surface area contributed by atoms with E-state index < -0.39 is 0 Å². The summed E-state index contributed by atoms with van der Waals surface area (Å²) < 4.78 is 0. The van der Waals surface area contributed by atoms with Crippen molar-refractivity contribution >= 4 is 23.3 Å². The number of Topliss-reactive ketones (excluding diaryl/α,β-unsaturated/α-hetero) is 1. The summed E-state index contributed by atoms with van der Waals surface area (Å²) >= 11 is 5.81. The van der Waals surface area contributed by atoms with Gasteiger partial charge in [-0.3, -0.25) is 14.6 Å². The van der Waals surface area contributed by atoms with Gasteiger partial charge in [-0.2, -0.15) is 0 Å². The zero-order valence-electron chi connectivity index (χ0n) is 13.9. The number of carbonyl (C=O) groups is 2. The van der Waals surface area contributed by atoms with Crippen molar-refractivity contribution in [3.05, 3.63) is 64.9 Å². The summed E-state index contributed by atoms with van der Waals surface area (Å²) in [5.41, 5.74) is 1.62. The van der Waals surface area contributed by atoms with Gasteiger partial charge in [-0.1, -0.05) is 17.7 Å². The van der Waals surface area contributed by atoms with E-state index in [1.54, 1.807) is 48.6 Å². The van der Waals surface area contributed by atoms with Crippen LogP contribution in [-0.4, -0.2) is 28.6 Å². The Morgan fingerprint density at radius 2 is 1.88 bits per heavy atom. The van der Waals surface area contributed by atoms with Crippen LogP contribution in [0, 0.1) is 0 Å². The summed E-state index contributed by atoms with van der Waals surface area (Å²) in [6.07, 6.45) is 4.70. The molecule has 1 heterocycles. The molecule has 2 rings (SSSR count). The van der Waals surface area contributed by atoms with Gasteiger partial charge in [0.05, 0.1) is 6.04 Å². The van der Waals surface area contributed by atoms with Gasteiger partial charge in [0.15, 0.2) is 5.78 Å². The van der Waals surface area contributed by atoms with Gasteiger partial charge in [0.25, 0.3) is 0 Å². The molecule has 1 aromatic heterocycles. The molecule has 5 heteroatoms. The predicted octanol–water partition coefficient (Wildman–Crippen LogP) is 4.31. The molecular formula is C19H21ClN2O2. The SMILES string of the molecule is CC(c1cccnc1)N(C)C(=O)CCCC(=O)c1ccc(Cl)cc1. The molecule has 0 N–H and O–H groups in total. The van der Waals surface area contributed by atoms with Gasteiger partial charge in [0.1, 0.15) is 0 Å². The van der Waals surface area contributed by atoms with Crippen LogP contribution in [0.3, 0.4) is 0 Å². The molecule has 1 amide bonds. The summed E-state index contributed by atoms with van der Waals surface area (Å²) in [5.74, 6) is 0.0534. The molecular weight excluding hydrogens is 324 g/mol. The van der Waals surface area contributed by atoms with Crippen molar-refractivity contribution in [1.29, 1.82) is 0 Å². The lowest BCUT2D eigenvalue weighted by Crippen LogP contribution is -2.29. The number of hydrogen-bond acceptors (Lipinski definition) is 3. The molecule has 0 aliphatic carbocycles. The minimum atomic E-state index is -0.0434. The van der Waals surface area contributed by atoms with Gasteiger partial charge in [-0.15, -0.1) is 0 Å². The monoisotopic (exact) mass is 344 g/mol. The second kappa shape index (κ2) is 8.60. The van der Waals surface area contributed by atoms with E-state index in [9.17, 15) is 9.59 Å². The Morgan fingerprint density at radius 3 is 2.50 bits per heavy atom. The van der Waals surface area contributed by atoms with Gasteiger partial charge < -0.3 is 4.90 Å². The minimum Gasteiger partial charge on any atom is -0.339 e. The molecule has 0 saturated carbocycles. The van der Waals surface area contributed by atoms with Gasteiger partial charge in [-0.05, 0) is 49.2 Å². The first kappa shape index (κ1) is 18.1. The number of ketones is 1. The van der Waals surface area contributed by atoms with E-state index in [0.717, 1.165) is 5.56 Å². The van der Waals surface area contributed by atoms with Crippen LogP contribution >= 0.6 is 11.6 Å². The van der Waals surface area contributed by atoms with Crippen molar-refractivity contribution in [2.75, 3.05) is 7.05 Å². The summed E-state index contributed by atoms with van der Waals surface area (Å²) in [7, 11) is 1.78. The van der Waals surface area contributed by atoms with Crippen molar-refractivity contribution in [3.8, 4) is 0 Å². The first-order valence-electron chi connectivity index (χ1n) is 7.93.